The van der Waals surface area contributed by atoms with Crippen LogP contribution in [-0.2, 0) is 10.8 Å². The molecule has 13 aromatic rings. The molecule has 4 heterocycles. The number of anilines is 3. The first-order chi connectivity index (χ1) is 38.0. The third kappa shape index (κ3) is 7.05. The summed E-state index contributed by atoms with van der Waals surface area (Å²) in [7, 11) is 0. The average Bonchev–Trinajstić information content (AvgIpc) is 3.15. The molecule has 11 aromatic carbocycles. The Morgan fingerprint density at radius 2 is 0.769 bits per heavy atom. The molecule has 2 aromatic heterocycles. The van der Waals surface area contributed by atoms with E-state index in [0.29, 0.717) is 0 Å². The van der Waals surface area contributed by atoms with E-state index in [-0.39, 0.29) is 17.5 Å². The highest BCUT2D eigenvalue weighted by Crippen LogP contribution is 2.46. The van der Waals surface area contributed by atoms with Gasteiger partial charge in [0.1, 0.15) is 0 Å². The van der Waals surface area contributed by atoms with E-state index >= 15 is 0 Å². The zero-order valence-corrected chi connectivity index (χ0v) is 45.0. The number of hydrogen-bond acceptors (Lipinski definition) is 1. The third-order valence-electron chi connectivity index (χ3n) is 17.0. The van der Waals surface area contributed by atoms with Crippen LogP contribution in [0.1, 0.15) is 52.7 Å². The van der Waals surface area contributed by atoms with Crippen LogP contribution in [0.4, 0.5) is 17.1 Å². The fraction of sp³-hybridized carbons (Fsp3) is 0.108. The molecule has 0 saturated heterocycles. The van der Waals surface area contributed by atoms with Gasteiger partial charge in [-0.15, -0.1) is 0 Å². The number of nitrogens with zero attached hydrogens (tertiary/aromatic N) is 3. The Bertz CT molecular complexity index is 4640. The molecular weight excluding hydrogens is 942 g/mol. The second-order valence-electron chi connectivity index (χ2n) is 23.7. The summed E-state index contributed by atoms with van der Waals surface area (Å²) in [6.07, 6.45) is 0. The molecular formula is C74H58BN3. The predicted octanol–water partition coefficient (Wildman–Crippen LogP) is 17.9. The highest BCUT2D eigenvalue weighted by molar-refractivity contribution is 7.00. The molecule has 372 valence electrons. The smallest absolute Gasteiger partial charge is 0.252 e. The van der Waals surface area contributed by atoms with Crippen LogP contribution in [0.3, 0.4) is 0 Å². The van der Waals surface area contributed by atoms with Gasteiger partial charge in [-0.25, -0.2) is 0 Å². The Hall–Kier alpha value is -9.12. The molecule has 0 amide bonds. The van der Waals surface area contributed by atoms with Gasteiger partial charge in [0.25, 0.3) is 6.71 Å². The summed E-state index contributed by atoms with van der Waals surface area (Å²) in [6.45, 7) is 13.9. The Morgan fingerprint density at radius 3 is 1.38 bits per heavy atom. The zero-order valence-electron chi connectivity index (χ0n) is 45.0. The van der Waals surface area contributed by atoms with E-state index in [0.717, 1.165) is 11.4 Å². The maximum Gasteiger partial charge on any atom is 0.252 e. The number of hydrogen-bond donors (Lipinski definition) is 0. The van der Waals surface area contributed by atoms with Crippen molar-refractivity contribution in [1.29, 1.82) is 0 Å². The van der Waals surface area contributed by atoms with Gasteiger partial charge < -0.3 is 14.0 Å². The molecule has 0 N–H and O–H groups in total. The fourth-order valence-corrected chi connectivity index (χ4v) is 13.2. The molecule has 15 rings (SSSR count). The Morgan fingerprint density at radius 1 is 0.295 bits per heavy atom. The molecule has 0 fully saturated rings. The van der Waals surface area contributed by atoms with E-state index in [4.69, 9.17) is 0 Å². The van der Waals surface area contributed by atoms with Crippen LogP contribution >= 0.6 is 0 Å². The van der Waals surface area contributed by atoms with E-state index < -0.39 is 0 Å². The Labute approximate surface area is 456 Å². The molecule has 0 unspecified atom stereocenters. The second kappa shape index (κ2) is 17.2. The van der Waals surface area contributed by atoms with Crippen molar-refractivity contribution < 1.29 is 0 Å². The highest BCUT2D eigenvalue weighted by atomic mass is 15.2. The quantitative estimate of drug-likeness (QED) is 0.160. The van der Waals surface area contributed by atoms with Crippen molar-refractivity contribution in [3.8, 4) is 33.6 Å². The monoisotopic (exact) mass is 999 g/mol. The molecule has 78 heavy (non-hydrogen) atoms. The lowest BCUT2D eigenvalue weighted by atomic mass is 9.33. The summed E-state index contributed by atoms with van der Waals surface area (Å²) in [5.41, 5.74) is 21.7. The molecule has 0 spiro atoms. The van der Waals surface area contributed by atoms with Crippen molar-refractivity contribution in [1.82, 2.24) is 9.13 Å². The average molecular weight is 1000 g/mol. The molecule has 2 aliphatic heterocycles. The number of fused-ring (bicyclic) bond motifs is 15. The van der Waals surface area contributed by atoms with Gasteiger partial charge in [-0.1, -0.05) is 224 Å². The number of aromatic nitrogens is 2. The summed E-state index contributed by atoms with van der Waals surface area (Å²) >= 11 is 0. The zero-order chi connectivity index (χ0) is 52.6. The molecule has 0 radical (unpaired) electrons. The minimum absolute atomic E-state index is 0.0277. The summed E-state index contributed by atoms with van der Waals surface area (Å²) in [4.78, 5) is 2.62. The molecule has 0 saturated carbocycles. The first kappa shape index (κ1) is 46.2. The molecule has 3 nitrogen and oxygen atoms in total. The van der Waals surface area contributed by atoms with Crippen LogP contribution < -0.4 is 21.3 Å². The Kier molecular flexibility index (Phi) is 10.2. The van der Waals surface area contributed by atoms with Crippen molar-refractivity contribution in [2.45, 2.75) is 52.4 Å². The maximum atomic E-state index is 2.64. The minimum atomic E-state index is -0.109. The van der Waals surface area contributed by atoms with Crippen molar-refractivity contribution in [3.63, 3.8) is 0 Å². The molecule has 0 atom stereocenters. The molecule has 0 bridgehead atoms. The Balaban J connectivity index is 1.14. The van der Waals surface area contributed by atoms with Crippen molar-refractivity contribution in [2.75, 3.05) is 4.90 Å². The maximum absolute atomic E-state index is 2.64. The van der Waals surface area contributed by atoms with E-state index in [1.807, 2.05) is 0 Å². The van der Waals surface area contributed by atoms with Crippen LogP contribution in [0.25, 0.3) is 98.8 Å². The first-order valence-electron chi connectivity index (χ1n) is 27.6. The summed E-state index contributed by atoms with van der Waals surface area (Å²) in [5, 5.41) is 9.85. The number of rotatable bonds is 4. The minimum Gasteiger partial charge on any atom is -0.311 e. The van der Waals surface area contributed by atoms with Crippen LogP contribution in [-0.4, -0.2) is 15.8 Å². The van der Waals surface area contributed by atoms with Gasteiger partial charge in [-0.2, -0.15) is 0 Å². The third-order valence-corrected chi connectivity index (χ3v) is 17.0. The first-order valence-corrected chi connectivity index (χ1v) is 27.6. The standard InChI is InChI=1S/C74H58BN3/c1-73(2,3)51-34-39-67-64(44-51)75-63-38-35-53(76-65-31-19-18-30-60(65)61-36-33-52(45-69(61)76)74(4,5)6)46-70(63)77(54-42-49(47-21-9-7-10-22-47)41-50(43-54)48-23-11-8-12-24-48)68-40-37-62-58-28-16-14-26-56(58)55-25-13-15-27-57(55)59-29-17-20-32-66(59)78(67)72(62)71(68)75/h7-46H,1-6H3. The lowest BCUT2D eigenvalue weighted by Gasteiger charge is -2.41. The number of benzene rings is 11. The lowest BCUT2D eigenvalue weighted by Crippen LogP contribution is -2.60. The highest BCUT2D eigenvalue weighted by Gasteiger charge is 2.42. The van der Waals surface area contributed by atoms with Crippen LogP contribution in [0.5, 0.6) is 0 Å². The van der Waals surface area contributed by atoms with Crippen molar-refractivity contribution >= 4 is 105 Å². The topological polar surface area (TPSA) is 13.1 Å². The van der Waals surface area contributed by atoms with Crippen molar-refractivity contribution in [3.05, 3.63) is 254 Å². The summed E-state index contributed by atoms with van der Waals surface area (Å²) in [6, 6.07) is 91.9. The van der Waals surface area contributed by atoms with Crippen molar-refractivity contribution in [2.24, 2.45) is 0 Å². The van der Waals surface area contributed by atoms with Gasteiger partial charge in [0, 0.05) is 50.0 Å². The van der Waals surface area contributed by atoms with Crippen LogP contribution in [0.15, 0.2) is 243 Å². The van der Waals surface area contributed by atoms with E-state index in [1.54, 1.807) is 0 Å². The van der Waals surface area contributed by atoms with Gasteiger partial charge in [0.05, 0.1) is 22.1 Å². The van der Waals surface area contributed by atoms with E-state index in [1.165, 1.54) is 132 Å². The predicted molar refractivity (Wildman–Crippen MR) is 335 cm³/mol. The fourth-order valence-electron chi connectivity index (χ4n) is 13.2. The lowest BCUT2D eigenvalue weighted by molar-refractivity contribution is 0.590. The SMILES string of the molecule is CC(C)(C)c1ccc2c(c1)B1c3ccc(-n4c5ccccc5c5ccc(C(C)(C)C)cc54)cc3N(c3cc(-c4ccccc4)cc(-c4ccccc4)c3)c3ccc4c5ccccc5c5ccccc5c5ccccc5n-2c4c31. The van der Waals surface area contributed by atoms with E-state index in [2.05, 4.69) is 298 Å². The normalized spacial score (nSPS) is 12.9. The van der Waals surface area contributed by atoms with Gasteiger partial charge in [-0.3, -0.25) is 0 Å². The van der Waals surface area contributed by atoms with Gasteiger partial charge in [0.2, 0.25) is 0 Å². The molecule has 2 aliphatic rings. The van der Waals surface area contributed by atoms with E-state index in [9.17, 15) is 0 Å². The van der Waals surface area contributed by atoms with Crippen LogP contribution in [0.2, 0.25) is 0 Å². The molecule has 4 heteroatoms. The summed E-state index contributed by atoms with van der Waals surface area (Å²) in [5.74, 6) is 0. The van der Waals surface area contributed by atoms with Gasteiger partial charge in [-0.05, 0) is 143 Å². The summed E-state index contributed by atoms with van der Waals surface area (Å²) < 4.78 is 5.16. The van der Waals surface area contributed by atoms with Gasteiger partial charge in [0.15, 0.2) is 0 Å². The number of para-hydroxylation sites is 2. The largest absolute Gasteiger partial charge is 0.311 e. The second-order valence-corrected chi connectivity index (χ2v) is 23.7. The van der Waals surface area contributed by atoms with Gasteiger partial charge >= 0.3 is 0 Å². The molecule has 0 aliphatic carbocycles. The van der Waals surface area contributed by atoms with Crippen LogP contribution in [0, 0.1) is 0 Å².